The number of methoxy groups -OCH3 is 1. The lowest BCUT2D eigenvalue weighted by molar-refractivity contribution is -0.137. The molecular formula is C22H29N3O4. The Morgan fingerprint density at radius 3 is 2.79 bits per heavy atom. The van der Waals surface area contributed by atoms with Gasteiger partial charge in [-0.25, -0.2) is 9.78 Å². The molecule has 29 heavy (non-hydrogen) atoms. The van der Waals surface area contributed by atoms with E-state index in [1.54, 1.807) is 26.2 Å². The standard InChI is InChI=1S/C22H29N3O4/c1-3-29-21(27)9-5-15-4-6-18(22-17(15)7-8-20(24-22)28-2)19(26)14-25-12-10-16(23)11-13-25/h4-9,16,19,26H,3,10-14,23H2,1-2H3/b9-5+. The summed E-state index contributed by atoms with van der Waals surface area (Å²) in [5.41, 5.74) is 8.20. The first-order valence-electron chi connectivity index (χ1n) is 10.00. The number of hydrogen-bond acceptors (Lipinski definition) is 7. The highest BCUT2D eigenvalue weighted by Gasteiger charge is 2.21. The molecule has 0 saturated carbocycles. The number of aliphatic hydroxyl groups is 1. The van der Waals surface area contributed by atoms with Crippen molar-refractivity contribution in [2.75, 3.05) is 33.4 Å². The van der Waals surface area contributed by atoms with Crippen LogP contribution < -0.4 is 10.5 Å². The van der Waals surface area contributed by atoms with Crippen molar-refractivity contribution < 1.29 is 19.4 Å². The minimum atomic E-state index is -0.686. The van der Waals surface area contributed by atoms with Gasteiger partial charge in [0.1, 0.15) is 0 Å². The second kappa shape index (κ2) is 9.82. The molecule has 2 aromatic rings. The molecule has 1 saturated heterocycles. The van der Waals surface area contributed by atoms with Gasteiger partial charge in [0.05, 0.1) is 25.3 Å². The summed E-state index contributed by atoms with van der Waals surface area (Å²) in [7, 11) is 1.56. The van der Waals surface area contributed by atoms with Gasteiger partial charge in [-0.3, -0.25) is 0 Å². The molecule has 3 rings (SSSR count). The van der Waals surface area contributed by atoms with Crippen LogP contribution in [0.4, 0.5) is 0 Å². The molecule has 2 heterocycles. The summed E-state index contributed by atoms with van der Waals surface area (Å²) in [4.78, 5) is 18.5. The predicted molar refractivity (Wildman–Crippen MR) is 113 cm³/mol. The molecule has 0 aliphatic carbocycles. The number of rotatable bonds is 7. The maximum atomic E-state index is 11.7. The van der Waals surface area contributed by atoms with Crippen LogP contribution in [0.3, 0.4) is 0 Å². The van der Waals surface area contributed by atoms with Crippen LogP contribution in [0.15, 0.2) is 30.3 Å². The van der Waals surface area contributed by atoms with E-state index in [-0.39, 0.29) is 6.04 Å². The molecular weight excluding hydrogens is 370 g/mol. The lowest BCUT2D eigenvalue weighted by Gasteiger charge is -2.31. The smallest absolute Gasteiger partial charge is 0.330 e. The van der Waals surface area contributed by atoms with Crippen molar-refractivity contribution in [3.63, 3.8) is 0 Å². The van der Waals surface area contributed by atoms with Gasteiger partial charge in [0, 0.05) is 35.7 Å². The Bertz CT molecular complexity index is 876. The summed E-state index contributed by atoms with van der Waals surface area (Å²) in [5, 5.41) is 11.8. The molecule has 156 valence electrons. The number of nitrogens with zero attached hydrogens (tertiary/aromatic N) is 2. The zero-order valence-corrected chi connectivity index (χ0v) is 17.0. The number of carbonyl (C=O) groups excluding carboxylic acids is 1. The summed E-state index contributed by atoms with van der Waals surface area (Å²) in [5.74, 6) is 0.0796. The summed E-state index contributed by atoms with van der Waals surface area (Å²) >= 11 is 0. The molecule has 1 aromatic heterocycles. The molecule has 3 N–H and O–H groups in total. The van der Waals surface area contributed by atoms with Gasteiger partial charge >= 0.3 is 5.97 Å². The second-order valence-electron chi connectivity index (χ2n) is 7.23. The molecule has 0 radical (unpaired) electrons. The Hall–Kier alpha value is -2.48. The third kappa shape index (κ3) is 5.32. The summed E-state index contributed by atoms with van der Waals surface area (Å²) in [6.45, 7) is 4.39. The van der Waals surface area contributed by atoms with Gasteiger partial charge in [-0.15, -0.1) is 0 Å². The number of β-amino-alcohol motifs (C(OH)–C–C–N with tert-alkyl or cyclic N) is 1. The Balaban J connectivity index is 1.90. The first kappa shape index (κ1) is 21.2. The topological polar surface area (TPSA) is 97.9 Å². The van der Waals surface area contributed by atoms with Crippen LogP contribution in [-0.4, -0.2) is 60.4 Å². The van der Waals surface area contributed by atoms with E-state index in [0.29, 0.717) is 24.5 Å². The van der Waals surface area contributed by atoms with E-state index in [2.05, 4.69) is 9.88 Å². The minimum absolute atomic E-state index is 0.251. The molecule has 1 atom stereocenters. The molecule has 0 amide bonds. The highest BCUT2D eigenvalue weighted by Crippen LogP contribution is 2.29. The zero-order valence-electron chi connectivity index (χ0n) is 17.0. The number of pyridine rings is 1. The van der Waals surface area contributed by atoms with Crippen molar-refractivity contribution in [1.82, 2.24) is 9.88 Å². The van der Waals surface area contributed by atoms with Crippen molar-refractivity contribution in [2.45, 2.75) is 31.9 Å². The SMILES string of the molecule is CCOC(=O)/C=C/c1ccc(C(O)CN2CCC(N)CC2)c2nc(OC)ccc12. The maximum absolute atomic E-state index is 11.7. The minimum Gasteiger partial charge on any atom is -0.481 e. The lowest BCUT2D eigenvalue weighted by Crippen LogP contribution is -2.41. The Morgan fingerprint density at radius 2 is 2.10 bits per heavy atom. The van der Waals surface area contributed by atoms with E-state index in [1.165, 1.54) is 6.08 Å². The van der Waals surface area contributed by atoms with E-state index < -0.39 is 12.1 Å². The van der Waals surface area contributed by atoms with Crippen LogP contribution >= 0.6 is 0 Å². The van der Waals surface area contributed by atoms with Crippen LogP contribution in [0.25, 0.3) is 17.0 Å². The van der Waals surface area contributed by atoms with Gasteiger partial charge in [-0.2, -0.15) is 0 Å². The van der Waals surface area contributed by atoms with Crippen LogP contribution in [0, 0.1) is 0 Å². The number of benzene rings is 1. The average Bonchev–Trinajstić information content (AvgIpc) is 2.73. The van der Waals surface area contributed by atoms with Crippen LogP contribution in [-0.2, 0) is 9.53 Å². The summed E-state index contributed by atoms with van der Waals surface area (Å²) in [6, 6.07) is 7.66. The number of aromatic nitrogens is 1. The van der Waals surface area contributed by atoms with E-state index in [4.69, 9.17) is 15.2 Å². The van der Waals surface area contributed by atoms with Gasteiger partial charge in [0.25, 0.3) is 0 Å². The average molecular weight is 399 g/mol. The van der Waals surface area contributed by atoms with E-state index in [1.807, 2.05) is 18.2 Å². The van der Waals surface area contributed by atoms with Gasteiger partial charge < -0.3 is 25.2 Å². The molecule has 0 bridgehead atoms. The van der Waals surface area contributed by atoms with E-state index >= 15 is 0 Å². The number of aliphatic hydroxyl groups excluding tert-OH is 1. The summed E-state index contributed by atoms with van der Waals surface area (Å²) in [6.07, 6.45) is 4.30. The fourth-order valence-electron chi connectivity index (χ4n) is 3.60. The van der Waals surface area contributed by atoms with Crippen molar-refractivity contribution in [1.29, 1.82) is 0 Å². The van der Waals surface area contributed by atoms with Crippen LogP contribution in [0.5, 0.6) is 5.88 Å². The predicted octanol–water partition coefficient (Wildman–Crippen LogP) is 2.28. The number of fused-ring (bicyclic) bond motifs is 1. The number of carbonyl (C=O) groups is 1. The van der Waals surface area contributed by atoms with Crippen molar-refractivity contribution in [3.8, 4) is 5.88 Å². The lowest BCUT2D eigenvalue weighted by atomic mass is 9.98. The number of ether oxygens (including phenoxy) is 2. The van der Waals surface area contributed by atoms with Crippen molar-refractivity contribution >= 4 is 22.9 Å². The van der Waals surface area contributed by atoms with Crippen molar-refractivity contribution in [3.05, 3.63) is 41.5 Å². The van der Waals surface area contributed by atoms with Gasteiger partial charge in [0.15, 0.2) is 0 Å². The molecule has 1 fully saturated rings. The fraction of sp³-hybridized carbons (Fsp3) is 0.455. The number of esters is 1. The Morgan fingerprint density at radius 1 is 1.34 bits per heavy atom. The quantitative estimate of drug-likeness (QED) is 0.544. The number of likely N-dealkylation sites (tertiary alicyclic amines) is 1. The van der Waals surface area contributed by atoms with Crippen molar-refractivity contribution in [2.24, 2.45) is 5.73 Å². The zero-order chi connectivity index (χ0) is 20.8. The summed E-state index contributed by atoms with van der Waals surface area (Å²) < 4.78 is 10.2. The Labute approximate surface area is 171 Å². The first-order chi connectivity index (χ1) is 14.0. The number of hydrogen-bond donors (Lipinski definition) is 2. The van der Waals surface area contributed by atoms with Crippen LogP contribution in [0.2, 0.25) is 0 Å². The second-order valence-corrected chi connectivity index (χ2v) is 7.23. The largest absolute Gasteiger partial charge is 0.481 e. The highest BCUT2D eigenvalue weighted by atomic mass is 16.5. The number of nitrogens with two attached hydrogens (primary N) is 1. The molecule has 1 aliphatic heterocycles. The number of piperidine rings is 1. The highest BCUT2D eigenvalue weighted by molar-refractivity contribution is 5.95. The van der Waals surface area contributed by atoms with Gasteiger partial charge in [-0.05, 0) is 50.6 Å². The third-order valence-corrected chi connectivity index (χ3v) is 5.21. The van der Waals surface area contributed by atoms with Crippen LogP contribution in [0.1, 0.15) is 37.0 Å². The third-order valence-electron chi connectivity index (χ3n) is 5.21. The molecule has 7 nitrogen and oxygen atoms in total. The monoisotopic (exact) mass is 399 g/mol. The molecule has 1 aliphatic rings. The normalized spacial score (nSPS) is 17.0. The van der Waals surface area contributed by atoms with E-state index in [0.717, 1.165) is 42.4 Å². The van der Waals surface area contributed by atoms with E-state index in [9.17, 15) is 9.90 Å². The van der Waals surface area contributed by atoms with Gasteiger partial charge in [0.2, 0.25) is 5.88 Å². The fourth-order valence-corrected chi connectivity index (χ4v) is 3.60. The first-order valence-corrected chi connectivity index (χ1v) is 10.00. The Kier molecular flexibility index (Phi) is 7.19. The molecule has 1 aromatic carbocycles. The maximum Gasteiger partial charge on any atom is 0.330 e. The molecule has 0 spiro atoms. The molecule has 1 unspecified atom stereocenters. The van der Waals surface area contributed by atoms with Gasteiger partial charge in [-0.1, -0.05) is 12.1 Å². The molecule has 7 heteroatoms.